The van der Waals surface area contributed by atoms with E-state index in [4.69, 9.17) is 0 Å². The maximum Gasteiger partial charge on any atom is 0.0764 e. The summed E-state index contributed by atoms with van der Waals surface area (Å²) >= 11 is 0. The zero-order chi connectivity index (χ0) is 16.0. The van der Waals surface area contributed by atoms with Gasteiger partial charge in [0.2, 0.25) is 0 Å². The fraction of sp³-hybridized carbons (Fsp3) is 0.526. The molecule has 4 rings (SSSR count). The SMILES string of the molecule is Cc1ccccc1[C@H]1[C@@H]2CN(Cc3ccn(C)n3)C[C@@H]2CN1C.Cl. The van der Waals surface area contributed by atoms with E-state index in [0.717, 1.165) is 18.4 Å². The summed E-state index contributed by atoms with van der Waals surface area (Å²) in [5, 5.41) is 4.54. The zero-order valence-corrected chi connectivity index (χ0v) is 15.5. The van der Waals surface area contributed by atoms with Crippen molar-refractivity contribution in [3.05, 3.63) is 53.3 Å². The van der Waals surface area contributed by atoms with Crippen molar-refractivity contribution >= 4 is 12.4 Å². The number of halogens is 1. The number of likely N-dealkylation sites (tertiary alicyclic amines) is 2. The summed E-state index contributed by atoms with van der Waals surface area (Å²) in [5.41, 5.74) is 4.13. The molecule has 4 nitrogen and oxygen atoms in total. The highest BCUT2D eigenvalue weighted by molar-refractivity contribution is 5.85. The fourth-order valence-electron chi connectivity index (χ4n) is 4.64. The van der Waals surface area contributed by atoms with E-state index in [1.165, 1.54) is 36.5 Å². The average molecular weight is 347 g/mol. The van der Waals surface area contributed by atoms with Crippen LogP contribution in [-0.4, -0.2) is 46.3 Å². The molecular formula is C19H27ClN4. The maximum atomic E-state index is 4.54. The van der Waals surface area contributed by atoms with Crippen LogP contribution in [0.5, 0.6) is 0 Å². The molecule has 0 bridgehead atoms. The summed E-state index contributed by atoms with van der Waals surface area (Å²) in [5.74, 6) is 1.53. The second kappa shape index (κ2) is 6.87. The minimum Gasteiger partial charge on any atom is -0.299 e. The minimum atomic E-state index is 0. The molecule has 2 aromatic rings. The fourth-order valence-corrected chi connectivity index (χ4v) is 4.64. The topological polar surface area (TPSA) is 24.3 Å². The van der Waals surface area contributed by atoms with E-state index in [1.807, 2.05) is 17.9 Å². The molecule has 5 heteroatoms. The van der Waals surface area contributed by atoms with Gasteiger partial charge in [-0.05, 0) is 43.0 Å². The van der Waals surface area contributed by atoms with E-state index < -0.39 is 0 Å². The van der Waals surface area contributed by atoms with E-state index in [1.54, 1.807) is 0 Å². The minimum absolute atomic E-state index is 0. The van der Waals surface area contributed by atoms with E-state index in [0.29, 0.717) is 6.04 Å². The predicted molar refractivity (Wildman–Crippen MR) is 99.3 cm³/mol. The molecule has 2 saturated heterocycles. The Balaban J connectivity index is 0.00000169. The van der Waals surface area contributed by atoms with Crippen molar-refractivity contribution in [2.24, 2.45) is 18.9 Å². The number of hydrogen-bond acceptors (Lipinski definition) is 3. The van der Waals surface area contributed by atoms with Gasteiger partial charge in [0.25, 0.3) is 0 Å². The number of aryl methyl sites for hydroxylation is 2. The van der Waals surface area contributed by atoms with Gasteiger partial charge >= 0.3 is 0 Å². The summed E-state index contributed by atoms with van der Waals surface area (Å²) < 4.78 is 1.90. The standard InChI is InChI=1S/C19H26N4.ClH/c1-14-6-4-5-7-17(14)19-18-13-23(11-15(18)10-21(19)2)12-16-8-9-22(3)20-16;/h4-9,15,18-19H,10-13H2,1-3H3;1H/t15-,18+,19-;/m0./s1. The van der Waals surface area contributed by atoms with Crippen LogP contribution < -0.4 is 0 Å². The Kier molecular flexibility index (Phi) is 5.00. The zero-order valence-electron chi connectivity index (χ0n) is 14.7. The van der Waals surface area contributed by atoms with Crippen molar-refractivity contribution in [3.8, 4) is 0 Å². The predicted octanol–water partition coefficient (Wildman–Crippen LogP) is 2.89. The lowest BCUT2D eigenvalue weighted by atomic mass is 9.88. The summed E-state index contributed by atoms with van der Waals surface area (Å²) in [6.07, 6.45) is 2.04. The molecule has 0 amide bonds. The molecule has 130 valence electrons. The molecular weight excluding hydrogens is 320 g/mol. The van der Waals surface area contributed by atoms with Crippen molar-refractivity contribution in [1.82, 2.24) is 19.6 Å². The molecule has 3 atom stereocenters. The van der Waals surface area contributed by atoms with E-state index in [-0.39, 0.29) is 12.4 Å². The van der Waals surface area contributed by atoms with Crippen molar-refractivity contribution in [1.29, 1.82) is 0 Å². The van der Waals surface area contributed by atoms with Crippen LogP contribution in [0.15, 0.2) is 36.5 Å². The van der Waals surface area contributed by atoms with Gasteiger partial charge in [-0.25, -0.2) is 0 Å². The monoisotopic (exact) mass is 346 g/mol. The first-order valence-electron chi connectivity index (χ1n) is 8.58. The number of fused-ring (bicyclic) bond motifs is 1. The van der Waals surface area contributed by atoms with Gasteiger partial charge in [0, 0.05) is 45.5 Å². The molecule has 0 saturated carbocycles. The number of aromatic nitrogens is 2. The van der Waals surface area contributed by atoms with Crippen molar-refractivity contribution in [2.75, 3.05) is 26.7 Å². The van der Waals surface area contributed by atoms with Gasteiger partial charge in [0.1, 0.15) is 0 Å². The Morgan fingerprint density at radius 2 is 1.88 bits per heavy atom. The maximum absolute atomic E-state index is 4.54. The van der Waals surface area contributed by atoms with Crippen LogP contribution in [-0.2, 0) is 13.6 Å². The lowest BCUT2D eigenvalue weighted by Crippen LogP contribution is -2.29. The van der Waals surface area contributed by atoms with Crippen LogP contribution in [0.25, 0.3) is 0 Å². The van der Waals surface area contributed by atoms with Gasteiger partial charge in [0.15, 0.2) is 0 Å². The van der Waals surface area contributed by atoms with Gasteiger partial charge in [-0.2, -0.15) is 5.10 Å². The van der Waals surface area contributed by atoms with Gasteiger partial charge < -0.3 is 0 Å². The van der Waals surface area contributed by atoms with E-state index >= 15 is 0 Å². The first-order valence-corrected chi connectivity index (χ1v) is 8.58. The Bertz CT molecular complexity index is 698. The second-order valence-electron chi connectivity index (χ2n) is 7.34. The Morgan fingerprint density at radius 3 is 2.58 bits per heavy atom. The van der Waals surface area contributed by atoms with Crippen molar-refractivity contribution in [2.45, 2.75) is 19.5 Å². The molecule has 0 spiro atoms. The first-order chi connectivity index (χ1) is 11.1. The highest BCUT2D eigenvalue weighted by Crippen LogP contribution is 2.44. The van der Waals surface area contributed by atoms with Crippen molar-refractivity contribution in [3.63, 3.8) is 0 Å². The van der Waals surface area contributed by atoms with E-state index in [2.05, 4.69) is 59.2 Å². The Labute approximate surface area is 150 Å². The van der Waals surface area contributed by atoms with Crippen LogP contribution in [0.4, 0.5) is 0 Å². The van der Waals surface area contributed by atoms with Crippen molar-refractivity contribution < 1.29 is 0 Å². The third kappa shape index (κ3) is 3.10. The number of benzene rings is 1. The highest BCUT2D eigenvalue weighted by atomic mass is 35.5. The molecule has 1 aromatic carbocycles. The molecule has 0 aliphatic carbocycles. The molecule has 0 N–H and O–H groups in total. The number of hydrogen-bond donors (Lipinski definition) is 0. The van der Waals surface area contributed by atoms with Crippen LogP contribution in [0.3, 0.4) is 0 Å². The molecule has 2 aliphatic heterocycles. The summed E-state index contributed by atoms with van der Waals surface area (Å²) in [6.45, 7) is 6.83. The van der Waals surface area contributed by atoms with Crippen LogP contribution >= 0.6 is 12.4 Å². The van der Waals surface area contributed by atoms with Crippen LogP contribution in [0.2, 0.25) is 0 Å². The largest absolute Gasteiger partial charge is 0.299 e. The molecule has 1 aromatic heterocycles. The smallest absolute Gasteiger partial charge is 0.0764 e. The molecule has 2 fully saturated rings. The Hall–Kier alpha value is -1.36. The van der Waals surface area contributed by atoms with Crippen LogP contribution in [0.1, 0.15) is 22.9 Å². The Morgan fingerprint density at radius 1 is 1.08 bits per heavy atom. The molecule has 24 heavy (non-hydrogen) atoms. The normalized spacial score (nSPS) is 27.2. The molecule has 0 radical (unpaired) electrons. The van der Waals surface area contributed by atoms with Gasteiger partial charge in [-0.3, -0.25) is 14.5 Å². The average Bonchev–Trinajstić information content (AvgIpc) is 3.15. The lowest BCUT2D eigenvalue weighted by molar-refractivity contribution is 0.222. The molecule has 3 heterocycles. The third-order valence-electron chi connectivity index (χ3n) is 5.63. The van der Waals surface area contributed by atoms with Crippen LogP contribution in [0, 0.1) is 18.8 Å². The molecule has 2 aliphatic rings. The second-order valence-corrected chi connectivity index (χ2v) is 7.34. The third-order valence-corrected chi connectivity index (χ3v) is 5.63. The molecule has 0 unspecified atom stereocenters. The summed E-state index contributed by atoms with van der Waals surface area (Å²) in [7, 11) is 4.28. The first kappa shape index (κ1) is 17.5. The highest BCUT2D eigenvalue weighted by Gasteiger charge is 2.46. The summed E-state index contributed by atoms with van der Waals surface area (Å²) in [6, 6.07) is 11.6. The summed E-state index contributed by atoms with van der Waals surface area (Å²) in [4.78, 5) is 5.16. The number of nitrogens with zero attached hydrogens (tertiary/aromatic N) is 4. The van der Waals surface area contributed by atoms with Gasteiger partial charge in [-0.15, -0.1) is 12.4 Å². The van der Waals surface area contributed by atoms with Gasteiger partial charge in [0.05, 0.1) is 5.69 Å². The lowest BCUT2D eigenvalue weighted by Gasteiger charge is -2.27. The quantitative estimate of drug-likeness (QED) is 0.854. The van der Waals surface area contributed by atoms with Gasteiger partial charge in [-0.1, -0.05) is 24.3 Å². The van der Waals surface area contributed by atoms with E-state index in [9.17, 15) is 0 Å². The number of rotatable bonds is 3.